The number of rotatable bonds is 4. The second-order valence-corrected chi connectivity index (χ2v) is 7.18. The normalized spacial score (nSPS) is 17.7. The zero-order chi connectivity index (χ0) is 21.2. The number of nitrogens with one attached hydrogen (secondary N) is 1. The highest BCUT2D eigenvalue weighted by atomic mass is 16.6. The van der Waals surface area contributed by atoms with Gasteiger partial charge in [-0.25, -0.2) is 14.4 Å². The number of carbonyl (C=O) groups excluding carboxylic acids is 4. The molecule has 1 aromatic carbocycles. The predicted molar refractivity (Wildman–Crippen MR) is 102 cm³/mol. The second kappa shape index (κ2) is 8.06. The van der Waals surface area contributed by atoms with Crippen LogP contribution in [0.3, 0.4) is 0 Å². The lowest BCUT2D eigenvalue weighted by atomic mass is 9.78. The molecular weight excluding hydrogens is 378 g/mol. The number of benzene rings is 1. The zero-order valence-electron chi connectivity index (χ0n) is 16.6. The van der Waals surface area contributed by atoms with E-state index in [0.717, 1.165) is 19.3 Å². The first-order chi connectivity index (χ1) is 13.8. The third kappa shape index (κ3) is 3.87. The smallest absolute Gasteiger partial charge is 0.337 e. The maximum absolute atomic E-state index is 13.1. The fourth-order valence-electron chi connectivity index (χ4n) is 3.97. The summed E-state index contributed by atoms with van der Waals surface area (Å²) in [5.41, 5.74) is 0.0650. The van der Waals surface area contributed by atoms with Crippen LogP contribution in [-0.4, -0.2) is 43.6 Å². The molecule has 1 aliphatic carbocycles. The Labute approximate surface area is 168 Å². The van der Waals surface area contributed by atoms with Gasteiger partial charge in [-0.15, -0.1) is 0 Å². The van der Waals surface area contributed by atoms with Crippen molar-refractivity contribution in [1.82, 2.24) is 0 Å². The van der Waals surface area contributed by atoms with E-state index < -0.39 is 29.4 Å². The van der Waals surface area contributed by atoms with Crippen molar-refractivity contribution in [3.63, 3.8) is 0 Å². The summed E-state index contributed by atoms with van der Waals surface area (Å²) in [7, 11) is 2.43. The fraction of sp³-hybridized carbons (Fsp3) is 0.429. The monoisotopic (exact) mass is 401 g/mol. The molecule has 1 N–H and O–H groups in total. The van der Waals surface area contributed by atoms with Gasteiger partial charge in [-0.3, -0.25) is 4.79 Å². The molecular formula is C21H23NO7. The Morgan fingerprint density at radius 1 is 0.966 bits per heavy atom. The summed E-state index contributed by atoms with van der Waals surface area (Å²) < 4.78 is 15.0. The van der Waals surface area contributed by atoms with Crippen LogP contribution >= 0.6 is 0 Å². The molecule has 1 aromatic rings. The number of hydrogen-bond donors (Lipinski definition) is 1. The minimum Gasteiger partial charge on any atom is -0.465 e. The van der Waals surface area contributed by atoms with Crippen molar-refractivity contribution >= 4 is 29.5 Å². The Morgan fingerprint density at radius 2 is 1.52 bits per heavy atom. The summed E-state index contributed by atoms with van der Waals surface area (Å²) in [6, 6.07) is 4.12. The summed E-state index contributed by atoms with van der Waals surface area (Å²) in [4.78, 5) is 49.2. The highest BCUT2D eigenvalue weighted by molar-refractivity contribution is 6.13. The predicted octanol–water partition coefficient (Wildman–Crippen LogP) is 2.77. The van der Waals surface area contributed by atoms with Gasteiger partial charge in [0, 0.05) is 11.3 Å². The largest absolute Gasteiger partial charge is 0.465 e. The average molecular weight is 401 g/mol. The van der Waals surface area contributed by atoms with Crippen LogP contribution in [0, 0.1) is 0 Å². The van der Waals surface area contributed by atoms with Crippen molar-refractivity contribution in [2.24, 2.45) is 0 Å². The van der Waals surface area contributed by atoms with Gasteiger partial charge in [0.1, 0.15) is 5.60 Å². The molecule has 8 heteroatoms. The lowest BCUT2D eigenvalue weighted by Gasteiger charge is -2.34. The van der Waals surface area contributed by atoms with E-state index in [-0.39, 0.29) is 22.4 Å². The number of amides is 1. The number of methoxy groups -OCH3 is 2. The van der Waals surface area contributed by atoms with E-state index >= 15 is 0 Å². The molecule has 1 spiro atoms. The first-order valence-electron chi connectivity index (χ1n) is 9.39. The summed E-state index contributed by atoms with van der Waals surface area (Å²) >= 11 is 0. The standard InChI is InChI=1S/C21H23NO7/c1-12-16(21(29-18(12)24)7-5-4-6-8-21)17(23)22-15-10-13(19(25)27-2)9-14(11-15)20(26)28-3/h9-11H,4-8H2,1-3H3,(H,22,23). The van der Waals surface area contributed by atoms with Crippen LogP contribution in [-0.2, 0) is 23.8 Å². The van der Waals surface area contributed by atoms with E-state index in [4.69, 9.17) is 14.2 Å². The minimum absolute atomic E-state index is 0.0857. The molecule has 29 heavy (non-hydrogen) atoms. The van der Waals surface area contributed by atoms with E-state index in [1.807, 2.05) is 0 Å². The third-order valence-electron chi connectivity index (χ3n) is 5.35. The molecule has 1 amide bonds. The van der Waals surface area contributed by atoms with Gasteiger partial charge in [0.2, 0.25) is 0 Å². The Kier molecular flexibility index (Phi) is 5.72. The van der Waals surface area contributed by atoms with Crippen LogP contribution < -0.4 is 5.32 Å². The number of hydrogen-bond acceptors (Lipinski definition) is 7. The number of carbonyl (C=O) groups is 4. The van der Waals surface area contributed by atoms with E-state index in [1.165, 1.54) is 32.4 Å². The van der Waals surface area contributed by atoms with Crippen LogP contribution in [0.4, 0.5) is 5.69 Å². The molecule has 0 radical (unpaired) electrons. The van der Waals surface area contributed by atoms with Crippen LogP contribution in [0.15, 0.2) is 29.3 Å². The summed E-state index contributed by atoms with van der Waals surface area (Å²) in [6.45, 7) is 1.57. The van der Waals surface area contributed by atoms with E-state index in [9.17, 15) is 19.2 Å². The first kappa shape index (κ1) is 20.6. The van der Waals surface area contributed by atoms with Crippen molar-refractivity contribution in [3.05, 3.63) is 40.5 Å². The molecule has 154 valence electrons. The quantitative estimate of drug-likeness (QED) is 0.610. The molecule has 3 rings (SSSR count). The molecule has 1 heterocycles. The highest BCUT2D eigenvalue weighted by Gasteiger charge is 2.49. The SMILES string of the molecule is COC(=O)c1cc(NC(=O)C2=C(C)C(=O)OC23CCCCC3)cc(C(=O)OC)c1. The lowest BCUT2D eigenvalue weighted by Crippen LogP contribution is -2.39. The van der Waals surface area contributed by atoms with Gasteiger partial charge in [-0.2, -0.15) is 0 Å². The van der Waals surface area contributed by atoms with Gasteiger partial charge in [0.15, 0.2) is 0 Å². The summed E-state index contributed by atoms with van der Waals surface area (Å²) in [6.07, 6.45) is 3.93. The van der Waals surface area contributed by atoms with Crippen molar-refractivity contribution in [2.75, 3.05) is 19.5 Å². The van der Waals surface area contributed by atoms with Crippen LogP contribution in [0.1, 0.15) is 59.7 Å². The maximum Gasteiger partial charge on any atom is 0.337 e. The van der Waals surface area contributed by atoms with E-state index in [2.05, 4.69) is 5.32 Å². The molecule has 1 fully saturated rings. The van der Waals surface area contributed by atoms with Crippen LogP contribution in [0.25, 0.3) is 0 Å². The van der Waals surface area contributed by atoms with E-state index in [1.54, 1.807) is 6.92 Å². The Hall–Kier alpha value is -3.16. The van der Waals surface area contributed by atoms with Crippen LogP contribution in [0.5, 0.6) is 0 Å². The Bertz CT molecular complexity index is 875. The molecule has 8 nitrogen and oxygen atoms in total. The number of esters is 3. The maximum atomic E-state index is 13.1. The lowest BCUT2D eigenvalue weighted by molar-refractivity contribution is -0.149. The zero-order valence-corrected chi connectivity index (χ0v) is 16.6. The molecule has 1 aliphatic heterocycles. The first-order valence-corrected chi connectivity index (χ1v) is 9.39. The van der Waals surface area contributed by atoms with Crippen molar-refractivity contribution in [1.29, 1.82) is 0 Å². The fourth-order valence-corrected chi connectivity index (χ4v) is 3.97. The van der Waals surface area contributed by atoms with Gasteiger partial charge < -0.3 is 19.5 Å². The highest BCUT2D eigenvalue weighted by Crippen LogP contribution is 2.44. The number of anilines is 1. The van der Waals surface area contributed by atoms with Gasteiger partial charge in [-0.05, 0) is 50.8 Å². The molecule has 0 atom stereocenters. The molecule has 0 saturated heterocycles. The van der Waals surface area contributed by atoms with Gasteiger partial charge in [0.25, 0.3) is 5.91 Å². The minimum atomic E-state index is -0.908. The molecule has 0 aromatic heterocycles. The topological polar surface area (TPSA) is 108 Å². The van der Waals surface area contributed by atoms with Gasteiger partial charge in [0.05, 0.1) is 30.9 Å². The molecule has 1 saturated carbocycles. The van der Waals surface area contributed by atoms with Crippen molar-refractivity contribution < 1.29 is 33.4 Å². The van der Waals surface area contributed by atoms with Crippen molar-refractivity contribution in [3.8, 4) is 0 Å². The van der Waals surface area contributed by atoms with Crippen molar-refractivity contribution in [2.45, 2.75) is 44.6 Å². The van der Waals surface area contributed by atoms with Gasteiger partial charge in [-0.1, -0.05) is 6.42 Å². The Balaban J connectivity index is 1.96. The second-order valence-electron chi connectivity index (χ2n) is 7.18. The van der Waals surface area contributed by atoms with E-state index in [0.29, 0.717) is 18.4 Å². The molecule has 0 bridgehead atoms. The number of ether oxygens (including phenoxy) is 3. The average Bonchev–Trinajstić information content (AvgIpc) is 2.95. The third-order valence-corrected chi connectivity index (χ3v) is 5.35. The summed E-state index contributed by atoms with van der Waals surface area (Å²) in [5.74, 6) is -2.31. The summed E-state index contributed by atoms with van der Waals surface area (Å²) in [5, 5.41) is 2.70. The Morgan fingerprint density at radius 3 is 2.03 bits per heavy atom. The molecule has 0 unspecified atom stereocenters. The van der Waals surface area contributed by atoms with Crippen LogP contribution in [0.2, 0.25) is 0 Å². The molecule has 2 aliphatic rings. The van der Waals surface area contributed by atoms with Gasteiger partial charge >= 0.3 is 17.9 Å².